The van der Waals surface area contributed by atoms with E-state index in [1.807, 2.05) is 13.0 Å². The topological polar surface area (TPSA) is 44.5 Å². The fourth-order valence-electron chi connectivity index (χ4n) is 1.45. The van der Waals surface area contributed by atoms with E-state index in [9.17, 15) is 0 Å². The minimum absolute atomic E-state index is 0.656. The fourth-order valence-corrected chi connectivity index (χ4v) is 1.45. The molecule has 0 atom stereocenters. The van der Waals surface area contributed by atoms with Crippen molar-refractivity contribution in [2.75, 3.05) is 14.2 Å². The molecule has 80 valence electrons. The molecule has 0 amide bonds. The van der Waals surface area contributed by atoms with Crippen LogP contribution in [-0.4, -0.2) is 19.2 Å². The van der Waals surface area contributed by atoms with Crippen LogP contribution in [0.15, 0.2) is 16.5 Å². The van der Waals surface area contributed by atoms with Crippen LogP contribution in [0.5, 0.6) is 11.5 Å². The highest BCUT2D eigenvalue weighted by Gasteiger charge is 2.10. The van der Waals surface area contributed by atoms with Gasteiger partial charge in [-0.25, -0.2) is 4.98 Å². The molecule has 0 saturated heterocycles. The van der Waals surface area contributed by atoms with E-state index in [2.05, 4.69) is 4.98 Å². The summed E-state index contributed by atoms with van der Waals surface area (Å²) in [6.45, 7) is 2.00. The molecule has 1 heterocycles. The summed E-state index contributed by atoms with van der Waals surface area (Å²) < 4.78 is 15.9. The van der Waals surface area contributed by atoms with Crippen molar-refractivity contribution in [1.29, 1.82) is 0 Å². The summed E-state index contributed by atoms with van der Waals surface area (Å²) >= 11 is 0. The van der Waals surface area contributed by atoms with E-state index in [0.717, 1.165) is 23.4 Å². The average molecular weight is 207 g/mol. The van der Waals surface area contributed by atoms with E-state index >= 15 is 0 Å². The predicted octanol–water partition coefficient (Wildman–Crippen LogP) is 2.41. The highest BCUT2D eigenvalue weighted by molar-refractivity contribution is 5.77. The van der Waals surface area contributed by atoms with Crippen LogP contribution in [-0.2, 0) is 6.42 Å². The lowest BCUT2D eigenvalue weighted by Gasteiger charge is -2.05. The quantitative estimate of drug-likeness (QED) is 0.775. The third-order valence-corrected chi connectivity index (χ3v) is 2.24. The fraction of sp³-hybridized carbons (Fsp3) is 0.364. The SMILES string of the molecule is CCc1nc2cc(OC)c(OC)cc2o1. The van der Waals surface area contributed by atoms with Gasteiger partial charge in [0.2, 0.25) is 0 Å². The molecule has 1 aromatic carbocycles. The number of ether oxygens (including phenoxy) is 2. The molecule has 2 rings (SSSR count). The molecule has 2 aromatic rings. The van der Waals surface area contributed by atoms with Crippen molar-refractivity contribution in [3.8, 4) is 11.5 Å². The molecular formula is C11H13NO3. The Morgan fingerprint density at radius 2 is 1.87 bits per heavy atom. The summed E-state index contributed by atoms with van der Waals surface area (Å²) in [6.07, 6.45) is 0.777. The standard InChI is InChI=1S/C11H13NO3/c1-4-11-12-7-5-9(13-2)10(14-3)6-8(7)15-11/h5-6H,4H2,1-3H3. The van der Waals surface area contributed by atoms with Crippen molar-refractivity contribution in [3.05, 3.63) is 18.0 Å². The lowest BCUT2D eigenvalue weighted by Crippen LogP contribution is -1.89. The van der Waals surface area contributed by atoms with Gasteiger partial charge in [-0.15, -0.1) is 0 Å². The van der Waals surface area contributed by atoms with E-state index in [0.29, 0.717) is 11.5 Å². The maximum atomic E-state index is 5.51. The van der Waals surface area contributed by atoms with Crippen LogP contribution < -0.4 is 9.47 Å². The number of hydrogen-bond acceptors (Lipinski definition) is 4. The number of benzene rings is 1. The van der Waals surface area contributed by atoms with E-state index in [1.54, 1.807) is 20.3 Å². The summed E-state index contributed by atoms with van der Waals surface area (Å²) in [5, 5.41) is 0. The van der Waals surface area contributed by atoms with E-state index in [-0.39, 0.29) is 0 Å². The van der Waals surface area contributed by atoms with E-state index in [1.165, 1.54) is 0 Å². The third-order valence-electron chi connectivity index (χ3n) is 2.24. The maximum Gasteiger partial charge on any atom is 0.195 e. The highest BCUT2D eigenvalue weighted by atomic mass is 16.5. The Balaban J connectivity index is 2.61. The molecule has 1 aromatic heterocycles. The predicted molar refractivity (Wildman–Crippen MR) is 56.5 cm³/mol. The molecule has 0 radical (unpaired) electrons. The lowest BCUT2D eigenvalue weighted by atomic mass is 10.3. The van der Waals surface area contributed by atoms with Gasteiger partial charge in [-0.05, 0) is 0 Å². The molecule has 0 saturated carbocycles. The van der Waals surface area contributed by atoms with Crippen LogP contribution in [0, 0.1) is 0 Å². The Hall–Kier alpha value is -1.71. The van der Waals surface area contributed by atoms with Crippen molar-refractivity contribution in [1.82, 2.24) is 4.98 Å². The third kappa shape index (κ3) is 1.63. The average Bonchev–Trinajstić information content (AvgIpc) is 2.68. The van der Waals surface area contributed by atoms with Crippen LogP contribution in [0.4, 0.5) is 0 Å². The molecule has 0 spiro atoms. The Kier molecular flexibility index (Phi) is 2.49. The summed E-state index contributed by atoms with van der Waals surface area (Å²) in [4.78, 5) is 4.31. The Morgan fingerprint density at radius 3 is 2.47 bits per heavy atom. The number of oxazole rings is 1. The van der Waals surface area contributed by atoms with Gasteiger partial charge in [-0.1, -0.05) is 6.92 Å². The first-order valence-corrected chi connectivity index (χ1v) is 4.80. The first-order valence-electron chi connectivity index (χ1n) is 4.80. The smallest absolute Gasteiger partial charge is 0.195 e. The number of aromatic nitrogens is 1. The number of fused-ring (bicyclic) bond motifs is 1. The Labute approximate surface area is 87.8 Å². The second-order valence-corrected chi connectivity index (χ2v) is 3.14. The van der Waals surface area contributed by atoms with Gasteiger partial charge in [0.15, 0.2) is 23.0 Å². The largest absolute Gasteiger partial charge is 0.493 e. The van der Waals surface area contributed by atoms with Crippen molar-refractivity contribution in [2.24, 2.45) is 0 Å². The van der Waals surface area contributed by atoms with Crippen molar-refractivity contribution in [3.63, 3.8) is 0 Å². The van der Waals surface area contributed by atoms with Crippen molar-refractivity contribution in [2.45, 2.75) is 13.3 Å². The summed E-state index contributed by atoms with van der Waals surface area (Å²) in [6, 6.07) is 3.61. The van der Waals surface area contributed by atoms with Crippen LogP contribution in [0.3, 0.4) is 0 Å². The van der Waals surface area contributed by atoms with Crippen LogP contribution in [0.25, 0.3) is 11.1 Å². The Morgan fingerprint density at radius 1 is 1.20 bits per heavy atom. The molecule has 0 fully saturated rings. The minimum Gasteiger partial charge on any atom is -0.493 e. The van der Waals surface area contributed by atoms with Gasteiger partial charge in [-0.3, -0.25) is 0 Å². The van der Waals surface area contributed by atoms with Gasteiger partial charge < -0.3 is 13.9 Å². The zero-order valence-electron chi connectivity index (χ0n) is 9.03. The van der Waals surface area contributed by atoms with Crippen LogP contribution in [0.2, 0.25) is 0 Å². The molecule has 0 aliphatic carbocycles. The number of hydrogen-bond donors (Lipinski definition) is 0. The summed E-state index contributed by atoms with van der Waals surface area (Å²) in [5.41, 5.74) is 1.52. The number of aryl methyl sites for hydroxylation is 1. The minimum atomic E-state index is 0.656. The summed E-state index contributed by atoms with van der Waals surface area (Å²) in [5.74, 6) is 2.05. The lowest BCUT2D eigenvalue weighted by molar-refractivity contribution is 0.355. The molecule has 0 aliphatic rings. The molecule has 15 heavy (non-hydrogen) atoms. The number of methoxy groups -OCH3 is 2. The monoisotopic (exact) mass is 207 g/mol. The molecular weight excluding hydrogens is 194 g/mol. The molecule has 4 heteroatoms. The summed E-state index contributed by atoms with van der Waals surface area (Å²) in [7, 11) is 3.20. The zero-order valence-corrected chi connectivity index (χ0v) is 9.03. The van der Waals surface area contributed by atoms with Gasteiger partial charge in [-0.2, -0.15) is 0 Å². The van der Waals surface area contributed by atoms with Gasteiger partial charge >= 0.3 is 0 Å². The van der Waals surface area contributed by atoms with Crippen LogP contribution >= 0.6 is 0 Å². The number of rotatable bonds is 3. The second-order valence-electron chi connectivity index (χ2n) is 3.14. The molecule has 0 N–H and O–H groups in total. The highest BCUT2D eigenvalue weighted by Crippen LogP contribution is 2.32. The van der Waals surface area contributed by atoms with Crippen molar-refractivity contribution >= 4 is 11.1 Å². The second kappa shape index (κ2) is 3.81. The van der Waals surface area contributed by atoms with E-state index < -0.39 is 0 Å². The zero-order chi connectivity index (χ0) is 10.8. The normalized spacial score (nSPS) is 10.6. The van der Waals surface area contributed by atoms with Crippen molar-refractivity contribution < 1.29 is 13.9 Å². The van der Waals surface area contributed by atoms with Gasteiger partial charge in [0.25, 0.3) is 0 Å². The Bertz CT molecular complexity index is 435. The number of nitrogens with zero attached hydrogens (tertiary/aromatic N) is 1. The molecule has 0 aliphatic heterocycles. The van der Waals surface area contributed by atoms with Gasteiger partial charge in [0.05, 0.1) is 14.2 Å². The van der Waals surface area contributed by atoms with E-state index in [4.69, 9.17) is 13.9 Å². The first kappa shape index (κ1) is 9.83. The molecule has 0 unspecified atom stereocenters. The molecule has 4 nitrogen and oxygen atoms in total. The van der Waals surface area contributed by atoms with Crippen LogP contribution in [0.1, 0.15) is 12.8 Å². The van der Waals surface area contributed by atoms with Gasteiger partial charge in [0, 0.05) is 18.6 Å². The van der Waals surface area contributed by atoms with Gasteiger partial charge in [0.1, 0.15) is 5.52 Å². The molecule has 0 bridgehead atoms. The maximum absolute atomic E-state index is 5.51. The first-order chi connectivity index (χ1) is 7.28.